The topological polar surface area (TPSA) is 75.0 Å². The van der Waals surface area contributed by atoms with Gasteiger partial charge in [0.25, 0.3) is 5.91 Å². The molecule has 1 aliphatic rings. The zero-order chi connectivity index (χ0) is 20.1. The van der Waals surface area contributed by atoms with E-state index in [0.717, 1.165) is 11.3 Å². The van der Waals surface area contributed by atoms with Crippen LogP contribution in [0.1, 0.15) is 30.0 Å². The molecule has 0 radical (unpaired) electrons. The molecule has 1 aliphatic heterocycles. The zero-order valence-electron chi connectivity index (χ0n) is 16.6. The van der Waals surface area contributed by atoms with Crippen LogP contribution in [0.2, 0.25) is 0 Å². The lowest BCUT2D eigenvalue weighted by molar-refractivity contribution is 0.0633. The van der Waals surface area contributed by atoms with Crippen molar-refractivity contribution in [1.29, 1.82) is 0 Å². The average molecular weight is 385 g/mol. The van der Waals surface area contributed by atoms with Crippen LogP contribution in [-0.2, 0) is 5.41 Å². The number of benzene rings is 1. The number of carbonyl (C=O) groups excluding carboxylic acids is 2. The van der Waals surface area contributed by atoms with Gasteiger partial charge in [0.2, 0.25) is 0 Å². The summed E-state index contributed by atoms with van der Waals surface area (Å²) in [5, 5.41) is 3.03. The fourth-order valence-electron chi connectivity index (χ4n) is 3.22. The van der Waals surface area contributed by atoms with Crippen LogP contribution in [0.25, 0.3) is 0 Å². The van der Waals surface area contributed by atoms with Crippen molar-refractivity contribution >= 4 is 11.9 Å². The van der Waals surface area contributed by atoms with Crippen molar-refractivity contribution in [3.63, 3.8) is 0 Å². The Balaban J connectivity index is 1.49. The number of hydrogen-bond acceptors (Lipinski definition) is 4. The number of methoxy groups -OCH3 is 1. The summed E-state index contributed by atoms with van der Waals surface area (Å²) in [4.78, 5) is 28.3. The number of piperazine rings is 1. The minimum atomic E-state index is -0.209. The highest BCUT2D eigenvalue weighted by Crippen LogP contribution is 2.24. The van der Waals surface area contributed by atoms with E-state index < -0.39 is 0 Å². The molecule has 3 amide bonds. The van der Waals surface area contributed by atoms with E-state index in [0.29, 0.717) is 38.5 Å². The molecule has 1 N–H and O–H groups in total. The summed E-state index contributed by atoms with van der Waals surface area (Å²) >= 11 is 0. The van der Waals surface area contributed by atoms with Gasteiger partial charge in [0, 0.05) is 38.1 Å². The van der Waals surface area contributed by atoms with E-state index >= 15 is 0 Å². The number of nitrogens with zero attached hydrogens (tertiary/aromatic N) is 2. The highest BCUT2D eigenvalue weighted by atomic mass is 16.5. The predicted molar refractivity (Wildman–Crippen MR) is 106 cm³/mol. The van der Waals surface area contributed by atoms with Gasteiger partial charge in [-0.15, -0.1) is 0 Å². The minimum absolute atomic E-state index is 0.105. The number of ether oxygens (including phenoxy) is 1. The van der Waals surface area contributed by atoms with Gasteiger partial charge in [-0.3, -0.25) is 4.79 Å². The highest BCUT2D eigenvalue weighted by Gasteiger charge is 2.27. The number of furan rings is 1. The van der Waals surface area contributed by atoms with Gasteiger partial charge in [0.05, 0.1) is 13.4 Å². The van der Waals surface area contributed by atoms with E-state index in [1.807, 2.05) is 24.3 Å². The maximum absolute atomic E-state index is 12.6. The minimum Gasteiger partial charge on any atom is -0.497 e. The molecule has 0 atom stereocenters. The molecule has 0 bridgehead atoms. The van der Waals surface area contributed by atoms with Gasteiger partial charge in [-0.2, -0.15) is 0 Å². The number of amides is 3. The largest absolute Gasteiger partial charge is 0.497 e. The Morgan fingerprint density at radius 2 is 1.71 bits per heavy atom. The molecular weight excluding hydrogens is 358 g/mol. The third kappa shape index (κ3) is 4.47. The maximum Gasteiger partial charge on any atom is 0.317 e. The molecule has 1 aromatic carbocycles. The van der Waals surface area contributed by atoms with E-state index in [1.165, 1.54) is 6.26 Å². The Morgan fingerprint density at radius 1 is 1.07 bits per heavy atom. The Hall–Kier alpha value is -2.96. The van der Waals surface area contributed by atoms with Crippen molar-refractivity contribution in [3.05, 3.63) is 54.0 Å². The normalized spacial score (nSPS) is 14.7. The van der Waals surface area contributed by atoms with Gasteiger partial charge in [-0.25, -0.2) is 4.79 Å². The number of nitrogens with one attached hydrogen (secondary N) is 1. The standard InChI is InChI=1S/C21H27N3O4/c1-21(2,16-6-8-17(27-3)9-7-16)15-22-20(26)24-12-10-23(11-13-24)19(25)18-5-4-14-28-18/h4-9,14H,10-13,15H2,1-3H3,(H,22,26). The second-order valence-electron chi connectivity index (χ2n) is 7.53. The second-order valence-corrected chi connectivity index (χ2v) is 7.53. The van der Waals surface area contributed by atoms with Crippen molar-refractivity contribution in [2.75, 3.05) is 39.8 Å². The molecule has 3 rings (SSSR count). The molecule has 0 saturated carbocycles. The molecule has 28 heavy (non-hydrogen) atoms. The van der Waals surface area contributed by atoms with Gasteiger partial charge in [0.15, 0.2) is 5.76 Å². The third-order valence-electron chi connectivity index (χ3n) is 5.14. The first-order valence-electron chi connectivity index (χ1n) is 9.41. The van der Waals surface area contributed by atoms with Crippen LogP contribution in [0.3, 0.4) is 0 Å². The van der Waals surface area contributed by atoms with Crippen molar-refractivity contribution in [3.8, 4) is 5.75 Å². The van der Waals surface area contributed by atoms with E-state index in [9.17, 15) is 9.59 Å². The Morgan fingerprint density at radius 3 is 2.29 bits per heavy atom. The number of hydrogen-bond donors (Lipinski definition) is 1. The number of urea groups is 1. The van der Waals surface area contributed by atoms with E-state index in [-0.39, 0.29) is 17.4 Å². The zero-order valence-corrected chi connectivity index (χ0v) is 16.6. The second kappa shape index (κ2) is 8.37. The van der Waals surface area contributed by atoms with Gasteiger partial charge < -0.3 is 24.3 Å². The summed E-state index contributed by atoms with van der Waals surface area (Å²) in [7, 11) is 1.64. The summed E-state index contributed by atoms with van der Waals surface area (Å²) in [6.07, 6.45) is 1.49. The first kappa shape index (κ1) is 19.8. The molecular formula is C21H27N3O4. The molecule has 1 saturated heterocycles. The monoisotopic (exact) mass is 385 g/mol. The molecule has 0 aliphatic carbocycles. The Kier molecular flexibility index (Phi) is 5.92. The molecule has 1 aromatic heterocycles. The van der Waals surface area contributed by atoms with E-state index in [1.54, 1.807) is 29.0 Å². The number of rotatable bonds is 5. The highest BCUT2D eigenvalue weighted by molar-refractivity contribution is 5.91. The van der Waals surface area contributed by atoms with Crippen LogP contribution in [0, 0.1) is 0 Å². The molecule has 0 spiro atoms. The summed E-state index contributed by atoms with van der Waals surface area (Å²) in [5.41, 5.74) is 0.918. The van der Waals surface area contributed by atoms with Gasteiger partial charge >= 0.3 is 6.03 Å². The fraction of sp³-hybridized carbons (Fsp3) is 0.429. The summed E-state index contributed by atoms with van der Waals surface area (Å²) in [5.74, 6) is 1.01. The molecule has 2 aromatic rings. The van der Waals surface area contributed by atoms with Crippen LogP contribution < -0.4 is 10.1 Å². The van der Waals surface area contributed by atoms with Crippen molar-refractivity contribution < 1.29 is 18.7 Å². The molecule has 0 unspecified atom stereocenters. The van der Waals surface area contributed by atoms with Crippen LogP contribution >= 0.6 is 0 Å². The van der Waals surface area contributed by atoms with Gasteiger partial charge in [-0.05, 0) is 29.8 Å². The van der Waals surface area contributed by atoms with E-state index in [2.05, 4.69) is 19.2 Å². The van der Waals surface area contributed by atoms with E-state index in [4.69, 9.17) is 9.15 Å². The molecule has 7 heteroatoms. The summed E-state index contributed by atoms with van der Waals surface area (Å²) in [6, 6.07) is 11.1. The predicted octanol–water partition coefficient (Wildman–Crippen LogP) is 2.73. The quantitative estimate of drug-likeness (QED) is 0.859. The van der Waals surface area contributed by atoms with Crippen LogP contribution in [0.4, 0.5) is 4.79 Å². The molecule has 7 nitrogen and oxygen atoms in total. The first-order chi connectivity index (χ1) is 13.4. The fourth-order valence-corrected chi connectivity index (χ4v) is 3.22. The van der Waals surface area contributed by atoms with Crippen molar-refractivity contribution in [2.24, 2.45) is 0 Å². The SMILES string of the molecule is COc1ccc(C(C)(C)CNC(=O)N2CCN(C(=O)c3ccco3)CC2)cc1. The van der Waals surface area contributed by atoms with Crippen LogP contribution in [-0.4, -0.2) is 61.6 Å². The number of carbonyl (C=O) groups is 2. The maximum atomic E-state index is 12.6. The summed E-state index contributed by atoms with van der Waals surface area (Å²) < 4.78 is 10.4. The third-order valence-corrected chi connectivity index (χ3v) is 5.14. The van der Waals surface area contributed by atoms with Crippen molar-refractivity contribution in [1.82, 2.24) is 15.1 Å². The first-order valence-corrected chi connectivity index (χ1v) is 9.41. The lowest BCUT2D eigenvalue weighted by Gasteiger charge is -2.35. The van der Waals surface area contributed by atoms with Crippen LogP contribution in [0.5, 0.6) is 5.75 Å². The average Bonchev–Trinajstić information content (AvgIpc) is 3.26. The van der Waals surface area contributed by atoms with Crippen LogP contribution in [0.15, 0.2) is 47.1 Å². The smallest absolute Gasteiger partial charge is 0.317 e. The Labute approximate surface area is 165 Å². The lowest BCUT2D eigenvalue weighted by Crippen LogP contribution is -2.54. The van der Waals surface area contributed by atoms with Gasteiger partial charge in [0.1, 0.15) is 5.75 Å². The van der Waals surface area contributed by atoms with Crippen molar-refractivity contribution in [2.45, 2.75) is 19.3 Å². The lowest BCUT2D eigenvalue weighted by atomic mass is 9.84. The van der Waals surface area contributed by atoms with Gasteiger partial charge in [-0.1, -0.05) is 26.0 Å². The molecule has 1 fully saturated rings. The molecule has 2 heterocycles. The Bertz CT molecular complexity index is 792. The summed E-state index contributed by atoms with van der Waals surface area (Å²) in [6.45, 7) is 6.69. The molecule has 150 valence electrons.